The summed E-state index contributed by atoms with van der Waals surface area (Å²) in [5.41, 5.74) is 5.45. The zero-order valence-corrected chi connectivity index (χ0v) is 8.86. The number of H-pyrrole nitrogens is 1. The van der Waals surface area contributed by atoms with Gasteiger partial charge in [0, 0.05) is 18.3 Å². The monoisotopic (exact) mass is 211 g/mol. The summed E-state index contributed by atoms with van der Waals surface area (Å²) in [4.78, 5) is 17.8. The van der Waals surface area contributed by atoms with Crippen molar-refractivity contribution in [3.63, 3.8) is 0 Å². The predicted octanol–water partition coefficient (Wildman–Crippen LogP) is 0.925. The molecular formula is C10H17N3O2. The highest BCUT2D eigenvalue weighted by Gasteiger charge is 2.33. The topological polar surface area (TPSA) is 92.0 Å². The molecule has 1 rings (SSSR count). The Morgan fingerprint density at radius 1 is 1.73 bits per heavy atom. The van der Waals surface area contributed by atoms with Gasteiger partial charge in [0.05, 0.1) is 6.33 Å². The minimum absolute atomic E-state index is 0.294. The van der Waals surface area contributed by atoms with Crippen LogP contribution in [-0.2, 0) is 11.2 Å². The molecule has 1 atom stereocenters. The third-order valence-electron chi connectivity index (χ3n) is 2.46. The number of nitrogens with two attached hydrogens (primary N) is 1. The molecule has 84 valence electrons. The van der Waals surface area contributed by atoms with E-state index in [4.69, 9.17) is 10.8 Å². The average molecular weight is 211 g/mol. The van der Waals surface area contributed by atoms with Crippen molar-refractivity contribution in [3.8, 4) is 0 Å². The number of aliphatic carboxylic acids is 1. The summed E-state index contributed by atoms with van der Waals surface area (Å²) in [6.07, 6.45) is 5.67. The van der Waals surface area contributed by atoms with Crippen LogP contribution in [0.25, 0.3) is 0 Å². The zero-order chi connectivity index (χ0) is 11.3. The average Bonchev–Trinajstić information content (AvgIpc) is 2.67. The number of imidazole rings is 1. The fourth-order valence-electron chi connectivity index (χ4n) is 1.48. The van der Waals surface area contributed by atoms with Gasteiger partial charge in [-0.15, -0.1) is 0 Å². The van der Waals surface area contributed by atoms with Gasteiger partial charge in [0.15, 0.2) is 0 Å². The van der Waals surface area contributed by atoms with Crippen molar-refractivity contribution in [3.05, 3.63) is 18.2 Å². The second-order valence-electron chi connectivity index (χ2n) is 3.82. The second kappa shape index (κ2) is 4.93. The Hall–Kier alpha value is -1.36. The van der Waals surface area contributed by atoms with Crippen molar-refractivity contribution in [2.45, 2.75) is 38.1 Å². The van der Waals surface area contributed by atoms with E-state index in [2.05, 4.69) is 9.97 Å². The van der Waals surface area contributed by atoms with E-state index in [0.717, 1.165) is 18.5 Å². The standard InChI is InChI=1S/C10H17N3O2/c1-2-3-4-10(11,9(14)15)5-8-6-12-7-13-8/h6-7H,2-5,11H2,1H3,(H,12,13)(H,14,15). The minimum atomic E-state index is -1.18. The molecule has 0 radical (unpaired) electrons. The molecule has 0 saturated heterocycles. The van der Waals surface area contributed by atoms with E-state index < -0.39 is 11.5 Å². The molecule has 0 fully saturated rings. The number of carboxylic acid groups (broad SMARTS) is 1. The number of nitrogens with one attached hydrogen (secondary N) is 1. The fourth-order valence-corrected chi connectivity index (χ4v) is 1.48. The van der Waals surface area contributed by atoms with Gasteiger partial charge in [-0.25, -0.2) is 4.98 Å². The maximum atomic E-state index is 11.1. The van der Waals surface area contributed by atoms with Gasteiger partial charge in [-0.1, -0.05) is 19.8 Å². The number of unbranched alkanes of at least 4 members (excludes halogenated alkanes) is 1. The van der Waals surface area contributed by atoms with E-state index in [1.807, 2.05) is 6.92 Å². The molecule has 1 aromatic rings. The molecule has 0 bridgehead atoms. The van der Waals surface area contributed by atoms with Crippen LogP contribution in [0.2, 0.25) is 0 Å². The molecule has 5 heteroatoms. The third-order valence-corrected chi connectivity index (χ3v) is 2.46. The first-order valence-electron chi connectivity index (χ1n) is 5.08. The summed E-state index contributed by atoms with van der Waals surface area (Å²) in [6.45, 7) is 2.01. The molecule has 5 nitrogen and oxygen atoms in total. The van der Waals surface area contributed by atoms with Crippen molar-refractivity contribution in [1.82, 2.24) is 9.97 Å². The lowest BCUT2D eigenvalue weighted by atomic mass is 9.89. The van der Waals surface area contributed by atoms with E-state index in [0.29, 0.717) is 12.8 Å². The number of nitrogens with zero attached hydrogens (tertiary/aromatic N) is 1. The van der Waals surface area contributed by atoms with E-state index in [9.17, 15) is 4.79 Å². The largest absolute Gasteiger partial charge is 0.480 e. The van der Waals surface area contributed by atoms with Gasteiger partial charge in [-0.3, -0.25) is 4.79 Å². The molecule has 0 amide bonds. The van der Waals surface area contributed by atoms with Crippen LogP contribution < -0.4 is 5.73 Å². The number of hydrogen-bond acceptors (Lipinski definition) is 3. The molecule has 0 aliphatic rings. The van der Waals surface area contributed by atoms with Crippen molar-refractivity contribution in [2.24, 2.45) is 5.73 Å². The van der Waals surface area contributed by atoms with Gasteiger partial charge in [-0.2, -0.15) is 0 Å². The van der Waals surface area contributed by atoms with Crippen LogP contribution >= 0.6 is 0 Å². The molecule has 0 spiro atoms. The Kier molecular flexibility index (Phi) is 3.85. The minimum Gasteiger partial charge on any atom is -0.480 e. The first-order valence-corrected chi connectivity index (χ1v) is 5.08. The van der Waals surface area contributed by atoms with Crippen molar-refractivity contribution < 1.29 is 9.90 Å². The number of carbonyl (C=O) groups is 1. The summed E-state index contributed by atoms with van der Waals surface area (Å²) < 4.78 is 0. The van der Waals surface area contributed by atoms with E-state index in [1.54, 1.807) is 6.20 Å². The van der Waals surface area contributed by atoms with Gasteiger partial charge in [0.2, 0.25) is 0 Å². The fraction of sp³-hybridized carbons (Fsp3) is 0.600. The highest BCUT2D eigenvalue weighted by Crippen LogP contribution is 2.16. The molecule has 1 heterocycles. The number of aromatic nitrogens is 2. The van der Waals surface area contributed by atoms with Gasteiger partial charge in [0.1, 0.15) is 5.54 Å². The molecule has 4 N–H and O–H groups in total. The number of carboxylic acids is 1. The summed E-state index contributed by atoms with van der Waals surface area (Å²) in [7, 11) is 0. The maximum Gasteiger partial charge on any atom is 0.324 e. The maximum absolute atomic E-state index is 11.1. The van der Waals surface area contributed by atoms with Gasteiger partial charge < -0.3 is 15.8 Å². The van der Waals surface area contributed by atoms with Crippen molar-refractivity contribution in [2.75, 3.05) is 0 Å². The van der Waals surface area contributed by atoms with Crippen LogP contribution in [0.5, 0.6) is 0 Å². The summed E-state index contributed by atoms with van der Waals surface area (Å²) in [5.74, 6) is -0.953. The summed E-state index contributed by atoms with van der Waals surface area (Å²) in [6, 6.07) is 0. The molecule has 0 aliphatic carbocycles. The predicted molar refractivity (Wildman–Crippen MR) is 56.4 cm³/mol. The SMILES string of the molecule is CCCCC(N)(Cc1cnc[nH]1)C(=O)O. The van der Waals surface area contributed by atoms with Crippen LogP contribution in [0.3, 0.4) is 0 Å². The van der Waals surface area contributed by atoms with Gasteiger partial charge in [0.25, 0.3) is 0 Å². The van der Waals surface area contributed by atoms with E-state index in [1.165, 1.54) is 6.33 Å². The molecule has 0 aromatic carbocycles. The smallest absolute Gasteiger partial charge is 0.324 e. The molecule has 1 aromatic heterocycles. The Bertz CT molecular complexity index is 310. The second-order valence-corrected chi connectivity index (χ2v) is 3.82. The molecule has 15 heavy (non-hydrogen) atoms. The quantitative estimate of drug-likeness (QED) is 0.652. The lowest BCUT2D eigenvalue weighted by Gasteiger charge is -2.23. The highest BCUT2D eigenvalue weighted by molar-refractivity contribution is 5.78. The third kappa shape index (κ3) is 3.06. The first kappa shape index (κ1) is 11.7. The van der Waals surface area contributed by atoms with Crippen LogP contribution in [-0.4, -0.2) is 26.6 Å². The van der Waals surface area contributed by atoms with Gasteiger partial charge in [-0.05, 0) is 6.42 Å². The van der Waals surface area contributed by atoms with E-state index in [-0.39, 0.29) is 0 Å². The normalized spacial score (nSPS) is 14.8. The van der Waals surface area contributed by atoms with E-state index >= 15 is 0 Å². The summed E-state index contributed by atoms with van der Waals surface area (Å²) in [5, 5.41) is 9.10. The number of hydrogen-bond donors (Lipinski definition) is 3. The summed E-state index contributed by atoms with van der Waals surface area (Å²) >= 11 is 0. The molecule has 0 saturated carbocycles. The Balaban J connectivity index is 2.68. The first-order chi connectivity index (χ1) is 7.08. The zero-order valence-electron chi connectivity index (χ0n) is 8.86. The lowest BCUT2D eigenvalue weighted by Crippen LogP contribution is -2.50. The molecular weight excluding hydrogens is 194 g/mol. The Morgan fingerprint density at radius 2 is 2.47 bits per heavy atom. The van der Waals surface area contributed by atoms with Crippen LogP contribution in [0.1, 0.15) is 31.9 Å². The Morgan fingerprint density at radius 3 is 2.93 bits per heavy atom. The highest BCUT2D eigenvalue weighted by atomic mass is 16.4. The molecule has 0 aliphatic heterocycles. The molecule has 1 unspecified atom stereocenters. The van der Waals surface area contributed by atoms with Crippen molar-refractivity contribution >= 4 is 5.97 Å². The van der Waals surface area contributed by atoms with Gasteiger partial charge >= 0.3 is 5.97 Å². The van der Waals surface area contributed by atoms with Crippen LogP contribution in [0.4, 0.5) is 0 Å². The van der Waals surface area contributed by atoms with Crippen LogP contribution in [0.15, 0.2) is 12.5 Å². The Labute approximate surface area is 88.7 Å². The number of aromatic amines is 1. The van der Waals surface area contributed by atoms with Crippen LogP contribution in [0, 0.1) is 0 Å². The lowest BCUT2D eigenvalue weighted by molar-refractivity contribution is -0.143. The van der Waals surface area contributed by atoms with Crippen molar-refractivity contribution in [1.29, 1.82) is 0 Å². The number of rotatable bonds is 6.